The Bertz CT molecular complexity index is 530. The molecule has 1 aliphatic rings. The quantitative estimate of drug-likeness (QED) is 0.898. The summed E-state index contributed by atoms with van der Waals surface area (Å²) >= 11 is 0. The summed E-state index contributed by atoms with van der Waals surface area (Å²) in [6.07, 6.45) is 7.80. The fourth-order valence-electron chi connectivity index (χ4n) is 2.85. The van der Waals surface area contributed by atoms with Crippen molar-refractivity contribution in [1.29, 1.82) is 5.26 Å². The third kappa shape index (κ3) is 4.86. The van der Waals surface area contributed by atoms with E-state index >= 15 is 0 Å². The number of nitrogens with zero attached hydrogens (tertiary/aromatic N) is 1. The summed E-state index contributed by atoms with van der Waals surface area (Å²) in [5.74, 6) is 0.210. The van der Waals surface area contributed by atoms with Crippen LogP contribution in [0.25, 0.3) is 0 Å². The zero-order valence-corrected chi connectivity index (χ0v) is 12.2. The molecule has 0 radical (unpaired) electrons. The first-order valence-corrected chi connectivity index (χ1v) is 7.64. The third-order valence-electron chi connectivity index (χ3n) is 4.16. The maximum absolute atomic E-state index is 13.7. The van der Waals surface area contributed by atoms with Crippen LogP contribution in [-0.2, 0) is 11.3 Å². The van der Waals surface area contributed by atoms with Crippen molar-refractivity contribution in [3.63, 3.8) is 0 Å². The van der Waals surface area contributed by atoms with Crippen molar-refractivity contribution < 1.29 is 9.18 Å². The first-order chi connectivity index (χ1) is 10.2. The summed E-state index contributed by atoms with van der Waals surface area (Å²) in [4.78, 5) is 11.8. The highest BCUT2D eigenvalue weighted by Crippen LogP contribution is 2.27. The monoisotopic (exact) mass is 288 g/mol. The van der Waals surface area contributed by atoms with Crippen molar-refractivity contribution >= 4 is 5.91 Å². The van der Waals surface area contributed by atoms with E-state index in [9.17, 15) is 9.18 Å². The van der Waals surface area contributed by atoms with Crippen LogP contribution in [0.5, 0.6) is 0 Å². The lowest BCUT2D eigenvalue weighted by Gasteiger charge is -2.21. The van der Waals surface area contributed by atoms with E-state index in [4.69, 9.17) is 5.26 Å². The van der Waals surface area contributed by atoms with E-state index < -0.39 is 5.82 Å². The van der Waals surface area contributed by atoms with E-state index in [0.29, 0.717) is 23.5 Å². The Labute approximate surface area is 125 Å². The number of hydrogen-bond donors (Lipinski definition) is 1. The molecule has 4 heteroatoms. The lowest BCUT2D eigenvalue weighted by Crippen LogP contribution is -2.24. The van der Waals surface area contributed by atoms with Gasteiger partial charge in [0.2, 0.25) is 5.91 Å². The van der Waals surface area contributed by atoms with Crippen LogP contribution < -0.4 is 5.32 Å². The van der Waals surface area contributed by atoms with E-state index in [-0.39, 0.29) is 12.5 Å². The minimum Gasteiger partial charge on any atom is -0.352 e. The van der Waals surface area contributed by atoms with Gasteiger partial charge in [0.25, 0.3) is 0 Å². The molecule has 0 spiro atoms. The Balaban J connectivity index is 1.74. The van der Waals surface area contributed by atoms with Gasteiger partial charge in [-0.2, -0.15) is 5.26 Å². The lowest BCUT2D eigenvalue weighted by atomic mass is 9.86. The highest BCUT2D eigenvalue weighted by atomic mass is 19.1. The minimum absolute atomic E-state index is 0.0238. The summed E-state index contributed by atoms with van der Waals surface area (Å²) in [5, 5.41) is 11.4. The number of carbonyl (C=O) groups is 1. The Kier molecular flexibility index (Phi) is 5.74. The van der Waals surface area contributed by atoms with Crippen molar-refractivity contribution in [3.8, 4) is 6.07 Å². The van der Waals surface area contributed by atoms with E-state index in [1.807, 2.05) is 6.07 Å². The van der Waals surface area contributed by atoms with Gasteiger partial charge in [0.05, 0.1) is 11.6 Å². The molecule has 1 aliphatic carbocycles. The normalized spacial score (nSPS) is 15.4. The molecule has 0 bridgehead atoms. The van der Waals surface area contributed by atoms with Gasteiger partial charge in [0.15, 0.2) is 0 Å². The van der Waals surface area contributed by atoms with Gasteiger partial charge in [-0.1, -0.05) is 38.2 Å². The van der Waals surface area contributed by atoms with Crippen LogP contribution >= 0.6 is 0 Å². The topological polar surface area (TPSA) is 52.9 Å². The second-order valence-corrected chi connectivity index (χ2v) is 5.74. The smallest absolute Gasteiger partial charge is 0.220 e. The zero-order chi connectivity index (χ0) is 15.1. The molecule has 112 valence electrons. The van der Waals surface area contributed by atoms with Gasteiger partial charge < -0.3 is 5.32 Å². The molecule has 21 heavy (non-hydrogen) atoms. The van der Waals surface area contributed by atoms with E-state index in [1.165, 1.54) is 38.2 Å². The minimum atomic E-state index is -0.443. The van der Waals surface area contributed by atoms with Gasteiger partial charge in [-0.3, -0.25) is 4.79 Å². The van der Waals surface area contributed by atoms with Crippen molar-refractivity contribution in [1.82, 2.24) is 5.32 Å². The molecule has 0 saturated heterocycles. The first kappa shape index (κ1) is 15.5. The zero-order valence-electron chi connectivity index (χ0n) is 12.2. The largest absolute Gasteiger partial charge is 0.352 e. The standard InChI is InChI=1S/C17H21FN2O/c18-16-10-14(11-19)6-8-15(16)12-20-17(21)9-7-13-4-2-1-3-5-13/h6,8,10,13H,1-5,7,9,12H2,(H,20,21). The molecule has 3 nitrogen and oxygen atoms in total. The predicted octanol–water partition coefficient (Wildman–Crippen LogP) is 3.67. The first-order valence-electron chi connectivity index (χ1n) is 7.64. The number of benzene rings is 1. The predicted molar refractivity (Wildman–Crippen MR) is 78.8 cm³/mol. The van der Waals surface area contributed by atoms with Crippen LogP contribution in [0.4, 0.5) is 4.39 Å². The summed E-state index contributed by atoms with van der Waals surface area (Å²) in [7, 11) is 0. The van der Waals surface area contributed by atoms with E-state index in [2.05, 4.69) is 5.32 Å². The fraction of sp³-hybridized carbons (Fsp3) is 0.529. The molecule has 1 saturated carbocycles. The Hall–Kier alpha value is -1.89. The Morgan fingerprint density at radius 2 is 2.10 bits per heavy atom. The molecule has 0 aliphatic heterocycles. The summed E-state index contributed by atoms with van der Waals surface area (Å²) < 4.78 is 13.7. The highest BCUT2D eigenvalue weighted by molar-refractivity contribution is 5.75. The van der Waals surface area contributed by atoms with Gasteiger partial charge in [0, 0.05) is 18.5 Å². The van der Waals surface area contributed by atoms with Crippen LogP contribution in [0, 0.1) is 23.1 Å². The average molecular weight is 288 g/mol. The van der Waals surface area contributed by atoms with E-state index in [0.717, 1.165) is 6.42 Å². The maximum Gasteiger partial charge on any atom is 0.220 e. The van der Waals surface area contributed by atoms with Crippen LogP contribution in [0.1, 0.15) is 56.1 Å². The number of nitrogens with one attached hydrogen (secondary N) is 1. The number of hydrogen-bond acceptors (Lipinski definition) is 2. The number of rotatable bonds is 5. The van der Waals surface area contributed by atoms with Gasteiger partial charge in [0.1, 0.15) is 5.82 Å². The maximum atomic E-state index is 13.7. The molecule has 1 N–H and O–H groups in total. The van der Waals surface area contributed by atoms with Crippen LogP contribution in [-0.4, -0.2) is 5.91 Å². The van der Waals surface area contributed by atoms with Gasteiger partial charge >= 0.3 is 0 Å². The fourth-order valence-corrected chi connectivity index (χ4v) is 2.85. The molecule has 0 heterocycles. The molecular weight excluding hydrogens is 267 g/mol. The molecule has 2 rings (SSSR count). The van der Waals surface area contributed by atoms with Gasteiger partial charge in [-0.05, 0) is 24.5 Å². The summed E-state index contributed by atoms with van der Waals surface area (Å²) in [6.45, 7) is 0.182. The lowest BCUT2D eigenvalue weighted by molar-refractivity contribution is -0.121. The van der Waals surface area contributed by atoms with Crippen molar-refractivity contribution in [2.45, 2.75) is 51.5 Å². The number of nitriles is 1. The van der Waals surface area contributed by atoms with Crippen LogP contribution in [0.2, 0.25) is 0 Å². The summed E-state index contributed by atoms with van der Waals surface area (Å²) in [5.41, 5.74) is 0.708. The molecule has 0 atom stereocenters. The molecule has 1 aromatic rings. The SMILES string of the molecule is N#Cc1ccc(CNC(=O)CCC2CCCCC2)c(F)c1. The van der Waals surface area contributed by atoms with Crippen molar-refractivity contribution in [3.05, 3.63) is 35.1 Å². The molecule has 0 unspecified atom stereocenters. The Morgan fingerprint density at radius 3 is 2.76 bits per heavy atom. The highest BCUT2D eigenvalue weighted by Gasteiger charge is 2.15. The number of amides is 1. The van der Waals surface area contributed by atoms with E-state index in [1.54, 1.807) is 12.1 Å². The van der Waals surface area contributed by atoms with Gasteiger partial charge in [-0.25, -0.2) is 4.39 Å². The number of carbonyl (C=O) groups excluding carboxylic acids is 1. The Morgan fingerprint density at radius 1 is 1.33 bits per heavy atom. The van der Waals surface area contributed by atoms with Crippen molar-refractivity contribution in [2.75, 3.05) is 0 Å². The molecule has 0 aromatic heterocycles. The van der Waals surface area contributed by atoms with Gasteiger partial charge in [-0.15, -0.1) is 0 Å². The second kappa shape index (κ2) is 7.78. The van der Waals surface area contributed by atoms with Crippen LogP contribution in [0.3, 0.4) is 0 Å². The summed E-state index contributed by atoms with van der Waals surface area (Å²) in [6, 6.07) is 6.20. The molecule has 1 fully saturated rings. The van der Waals surface area contributed by atoms with Crippen molar-refractivity contribution in [2.24, 2.45) is 5.92 Å². The van der Waals surface area contributed by atoms with Crippen LogP contribution in [0.15, 0.2) is 18.2 Å². The molecular formula is C17H21FN2O. The molecule has 1 aromatic carbocycles. The number of halogens is 1. The third-order valence-corrected chi connectivity index (χ3v) is 4.16. The second-order valence-electron chi connectivity index (χ2n) is 5.74. The average Bonchev–Trinajstić information content (AvgIpc) is 2.52. The molecule has 1 amide bonds.